The molecule has 5 nitrogen and oxygen atoms in total. The molecule has 1 aromatic heterocycles. The number of H-pyrrole nitrogens is 1. The number of nitrogens with zero attached hydrogens (tertiary/aromatic N) is 2. The quantitative estimate of drug-likeness (QED) is 0.691. The Balaban J connectivity index is 1.56. The fourth-order valence-corrected chi connectivity index (χ4v) is 5.11. The predicted octanol–water partition coefficient (Wildman–Crippen LogP) is 4.14. The third-order valence-electron chi connectivity index (χ3n) is 6.60. The molecule has 156 valence electrons. The zero-order valence-electron chi connectivity index (χ0n) is 17.5. The number of hydrogen-bond acceptors (Lipinski definition) is 3. The van der Waals surface area contributed by atoms with Crippen LogP contribution in [-0.4, -0.2) is 52.0 Å². The summed E-state index contributed by atoms with van der Waals surface area (Å²) in [5.41, 5.74) is 5.68. The third kappa shape index (κ3) is 3.47. The second-order valence-electron chi connectivity index (χ2n) is 8.74. The molecule has 1 atom stereocenters. The molecular weight excluding hydrogens is 374 g/mol. The van der Waals surface area contributed by atoms with Crippen LogP contribution in [0.25, 0.3) is 10.9 Å². The Morgan fingerprint density at radius 2 is 1.93 bits per heavy atom. The van der Waals surface area contributed by atoms with Gasteiger partial charge in [-0.3, -0.25) is 9.69 Å². The molecule has 0 saturated carbocycles. The number of fused-ring (bicyclic) bond motifs is 3. The number of aromatic hydroxyl groups is 1. The molecular formula is C25H29N3O2. The number of rotatable bonds is 3. The van der Waals surface area contributed by atoms with Gasteiger partial charge in [-0.2, -0.15) is 0 Å². The van der Waals surface area contributed by atoms with Crippen LogP contribution in [0, 0.1) is 6.92 Å². The van der Waals surface area contributed by atoms with E-state index in [9.17, 15) is 9.90 Å². The van der Waals surface area contributed by atoms with Gasteiger partial charge in [-0.05, 0) is 74.7 Å². The Labute approximate surface area is 177 Å². The zero-order valence-corrected chi connectivity index (χ0v) is 17.5. The van der Waals surface area contributed by atoms with Crippen LogP contribution in [0.2, 0.25) is 0 Å². The fourth-order valence-electron chi connectivity index (χ4n) is 5.11. The molecule has 0 spiro atoms. The standard InChI is InChI=1S/C25H29N3O2/c1-17-8-9-22-21(14-17)20-10-13-28(23(30)16-27-11-3-2-4-12-27)25(24(20)26-22)18-6-5-7-19(29)15-18/h5-9,14-15,25-26,29H,2-4,10-13,16H2,1H3. The normalized spacial score (nSPS) is 19.8. The number of hydrogen-bond donors (Lipinski definition) is 2. The van der Waals surface area contributed by atoms with Crippen LogP contribution in [0.3, 0.4) is 0 Å². The van der Waals surface area contributed by atoms with Crippen molar-refractivity contribution in [2.45, 2.75) is 38.6 Å². The summed E-state index contributed by atoms with van der Waals surface area (Å²) in [6.07, 6.45) is 4.46. The largest absolute Gasteiger partial charge is 0.508 e. The van der Waals surface area contributed by atoms with Crippen LogP contribution >= 0.6 is 0 Å². The zero-order chi connectivity index (χ0) is 20.7. The molecule has 5 heteroatoms. The van der Waals surface area contributed by atoms with Gasteiger partial charge >= 0.3 is 0 Å². The van der Waals surface area contributed by atoms with Gasteiger partial charge in [-0.15, -0.1) is 0 Å². The van der Waals surface area contributed by atoms with Crippen molar-refractivity contribution in [3.8, 4) is 5.75 Å². The Morgan fingerprint density at radius 3 is 2.73 bits per heavy atom. The first-order chi connectivity index (χ1) is 14.6. The number of benzene rings is 2. The van der Waals surface area contributed by atoms with Crippen LogP contribution in [0.1, 0.15) is 47.7 Å². The lowest BCUT2D eigenvalue weighted by atomic mass is 9.92. The SMILES string of the molecule is Cc1ccc2[nH]c3c(c2c1)CCN(C(=O)CN1CCCCC1)C3c1cccc(O)c1. The summed E-state index contributed by atoms with van der Waals surface area (Å²) in [5.74, 6) is 0.403. The van der Waals surface area contributed by atoms with E-state index in [2.05, 4.69) is 35.0 Å². The summed E-state index contributed by atoms with van der Waals surface area (Å²) in [7, 11) is 0. The van der Waals surface area contributed by atoms with E-state index in [1.807, 2.05) is 17.0 Å². The molecule has 0 radical (unpaired) electrons. The summed E-state index contributed by atoms with van der Waals surface area (Å²) in [5, 5.41) is 11.4. The van der Waals surface area contributed by atoms with Crippen molar-refractivity contribution in [1.82, 2.24) is 14.8 Å². The van der Waals surface area contributed by atoms with Gasteiger partial charge in [0, 0.05) is 23.1 Å². The van der Waals surface area contributed by atoms with E-state index in [1.54, 1.807) is 12.1 Å². The van der Waals surface area contributed by atoms with E-state index in [4.69, 9.17) is 0 Å². The van der Waals surface area contributed by atoms with Crippen molar-refractivity contribution in [2.24, 2.45) is 0 Å². The molecule has 0 bridgehead atoms. The van der Waals surface area contributed by atoms with Crippen LogP contribution in [0.4, 0.5) is 0 Å². The second kappa shape index (κ2) is 7.80. The highest BCUT2D eigenvalue weighted by atomic mass is 16.3. The Kier molecular flexibility index (Phi) is 4.99. The maximum atomic E-state index is 13.4. The van der Waals surface area contributed by atoms with Crippen LogP contribution < -0.4 is 0 Å². The number of phenolic OH excluding ortho intramolecular Hbond substituents is 1. The number of carbonyl (C=O) groups excluding carboxylic acids is 1. The van der Waals surface area contributed by atoms with Crippen LogP contribution in [0.15, 0.2) is 42.5 Å². The molecule has 1 fully saturated rings. The number of nitrogens with one attached hydrogen (secondary N) is 1. The lowest BCUT2D eigenvalue weighted by Gasteiger charge is -2.38. The number of phenols is 1. The first-order valence-electron chi connectivity index (χ1n) is 11.0. The van der Waals surface area contributed by atoms with Crippen molar-refractivity contribution in [1.29, 1.82) is 0 Å². The monoisotopic (exact) mass is 403 g/mol. The first-order valence-corrected chi connectivity index (χ1v) is 11.0. The van der Waals surface area contributed by atoms with E-state index >= 15 is 0 Å². The maximum Gasteiger partial charge on any atom is 0.237 e. The van der Waals surface area contributed by atoms with Crippen molar-refractivity contribution < 1.29 is 9.90 Å². The molecule has 1 unspecified atom stereocenters. The summed E-state index contributed by atoms with van der Waals surface area (Å²) in [4.78, 5) is 21.3. The van der Waals surface area contributed by atoms with Gasteiger partial charge in [0.25, 0.3) is 0 Å². The van der Waals surface area contributed by atoms with Gasteiger partial charge in [0.05, 0.1) is 12.6 Å². The Bertz CT molecular complexity index is 1080. The molecule has 5 rings (SSSR count). The summed E-state index contributed by atoms with van der Waals surface area (Å²) >= 11 is 0. The third-order valence-corrected chi connectivity index (χ3v) is 6.60. The fraction of sp³-hybridized carbons (Fsp3) is 0.400. The molecule has 3 aromatic rings. The summed E-state index contributed by atoms with van der Waals surface area (Å²) < 4.78 is 0. The smallest absolute Gasteiger partial charge is 0.237 e. The summed E-state index contributed by atoms with van der Waals surface area (Å²) in [6.45, 7) is 5.30. The number of amides is 1. The molecule has 0 aliphatic carbocycles. The van der Waals surface area contributed by atoms with Crippen molar-refractivity contribution in [3.05, 3.63) is 64.8 Å². The minimum Gasteiger partial charge on any atom is -0.508 e. The highest BCUT2D eigenvalue weighted by Crippen LogP contribution is 2.39. The number of piperidine rings is 1. The molecule has 2 N–H and O–H groups in total. The van der Waals surface area contributed by atoms with Gasteiger partial charge in [0.1, 0.15) is 5.75 Å². The van der Waals surface area contributed by atoms with E-state index in [-0.39, 0.29) is 17.7 Å². The maximum absolute atomic E-state index is 13.4. The average Bonchev–Trinajstić information content (AvgIpc) is 3.11. The minimum absolute atomic E-state index is 0.172. The van der Waals surface area contributed by atoms with Crippen molar-refractivity contribution in [3.63, 3.8) is 0 Å². The number of aryl methyl sites for hydroxylation is 1. The van der Waals surface area contributed by atoms with Gasteiger partial charge in [-0.25, -0.2) is 0 Å². The Morgan fingerprint density at radius 1 is 1.10 bits per heavy atom. The molecule has 3 heterocycles. The number of aromatic amines is 1. The van der Waals surface area contributed by atoms with E-state index in [0.29, 0.717) is 13.1 Å². The predicted molar refractivity (Wildman–Crippen MR) is 119 cm³/mol. The molecule has 30 heavy (non-hydrogen) atoms. The Hall–Kier alpha value is -2.79. The molecule has 1 amide bonds. The molecule has 2 aliphatic heterocycles. The van der Waals surface area contributed by atoms with Crippen molar-refractivity contribution >= 4 is 16.8 Å². The van der Waals surface area contributed by atoms with Gasteiger partial charge in [0.15, 0.2) is 0 Å². The molecule has 2 aliphatic rings. The van der Waals surface area contributed by atoms with E-state index < -0.39 is 0 Å². The number of aromatic nitrogens is 1. The lowest BCUT2D eigenvalue weighted by molar-refractivity contribution is -0.134. The van der Waals surface area contributed by atoms with Gasteiger partial charge < -0.3 is 15.0 Å². The van der Waals surface area contributed by atoms with Crippen LogP contribution in [-0.2, 0) is 11.2 Å². The summed E-state index contributed by atoms with van der Waals surface area (Å²) in [6, 6.07) is 13.6. The average molecular weight is 404 g/mol. The number of carbonyl (C=O) groups is 1. The molecule has 1 saturated heterocycles. The van der Waals surface area contributed by atoms with E-state index in [1.165, 1.54) is 35.8 Å². The minimum atomic E-state index is -0.203. The topological polar surface area (TPSA) is 59.6 Å². The second-order valence-corrected chi connectivity index (χ2v) is 8.74. The number of likely N-dealkylation sites (tertiary alicyclic amines) is 1. The van der Waals surface area contributed by atoms with Crippen molar-refractivity contribution in [2.75, 3.05) is 26.2 Å². The van der Waals surface area contributed by atoms with Gasteiger partial charge in [-0.1, -0.05) is 30.2 Å². The highest BCUT2D eigenvalue weighted by molar-refractivity contribution is 5.87. The highest BCUT2D eigenvalue weighted by Gasteiger charge is 2.35. The lowest BCUT2D eigenvalue weighted by Crippen LogP contribution is -2.46. The first kappa shape index (κ1) is 19.2. The van der Waals surface area contributed by atoms with Crippen LogP contribution in [0.5, 0.6) is 5.75 Å². The van der Waals surface area contributed by atoms with E-state index in [0.717, 1.165) is 36.3 Å². The van der Waals surface area contributed by atoms with Gasteiger partial charge in [0.2, 0.25) is 5.91 Å². The molecule has 2 aromatic carbocycles.